The fourth-order valence-electron chi connectivity index (χ4n) is 5.25. The van der Waals surface area contributed by atoms with Crippen LogP contribution in [0.5, 0.6) is 17.5 Å². The van der Waals surface area contributed by atoms with Crippen LogP contribution in [0.2, 0.25) is 0 Å². The Balaban J connectivity index is 1.54. The van der Waals surface area contributed by atoms with Gasteiger partial charge in [0.05, 0.1) is 46.2 Å². The minimum Gasteiger partial charge on any atom is -0.494 e. The van der Waals surface area contributed by atoms with Crippen LogP contribution in [0.4, 0.5) is 17.6 Å². The third-order valence-electron chi connectivity index (χ3n) is 6.79. The van der Waals surface area contributed by atoms with Crippen LogP contribution in [0.25, 0.3) is 5.69 Å². The van der Waals surface area contributed by atoms with Crippen LogP contribution in [-0.2, 0) is 22.1 Å². The van der Waals surface area contributed by atoms with Gasteiger partial charge >= 0.3 is 6.18 Å². The average molecular weight is 488 g/mol. The third kappa shape index (κ3) is 3.49. The zero-order valence-electron chi connectivity index (χ0n) is 18.5. The second-order valence-electron chi connectivity index (χ2n) is 8.96. The summed E-state index contributed by atoms with van der Waals surface area (Å²) >= 11 is 0. The fourth-order valence-corrected chi connectivity index (χ4v) is 5.25. The molecular weight excluding hydrogens is 468 g/mol. The monoisotopic (exact) mass is 488 g/mol. The van der Waals surface area contributed by atoms with Crippen molar-refractivity contribution in [2.75, 3.05) is 6.61 Å². The average Bonchev–Trinajstić information content (AvgIpc) is 3.37. The van der Waals surface area contributed by atoms with Gasteiger partial charge in [-0.3, -0.25) is 4.57 Å². The van der Waals surface area contributed by atoms with Crippen molar-refractivity contribution in [2.45, 2.75) is 43.6 Å². The fraction of sp³-hybridized carbons (Fsp3) is 0.320. The first kappa shape index (κ1) is 23.1. The van der Waals surface area contributed by atoms with E-state index in [9.17, 15) is 27.8 Å². The highest BCUT2D eigenvalue weighted by molar-refractivity contribution is 5.62. The normalized spacial score (nSPS) is 22.7. The predicted octanol–water partition coefficient (Wildman–Crippen LogP) is 5.62. The summed E-state index contributed by atoms with van der Waals surface area (Å²) in [6.07, 6.45) is -3.55. The maximum absolute atomic E-state index is 13.5. The molecule has 1 fully saturated rings. The Labute approximate surface area is 197 Å². The second kappa shape index (κ2) is 7.65. The first-order valence-electron chi connectivity index (χ1n) is 10.9. The molecule has 5 rings (SSSR count). The van der Waals surface area contributed by atoms with Gasteiger partial charge in [0.2, 0.25) is 11.8 Å². The first-order valence-corrected chi connectivity index (χ1v) is 10.9. The number of aromatic hydroxyl groups is 2. The van der Waals surface area contributed by atoms with E-state index in [4.69, 9.17) is 14.7 Å². The zero-order valence-corrected chi connectivity index (χ0v) is 18.5. The molecule has 2 bridgehead atoms. The molecule has 0 saturated carbocycles. The molecule has 3 aromatic rings. The van der Waals surface area contributed by atoms with Gasteiger partial charge in [-0.1, -0.05) is 6.07 Å². The zero-order chi connectivity index (χ0) is 25.2. The number of hydrogen-bond donors (Lipinski definition) is 2. The van der Waals surface area contributed by atoms with Crippen LogP contribution < -0.4 is 4.74 Å². The first-order chi connectivity index (χ1) is 16.5. The molecule has 3 heterocycles. The van der Waals surface area contributed by atoms with E-state index >= 15 is 0 Å². The van der Waals surface area contributed by atoms with Crippen molar-refractivity contribution < 1.29 is 37.2 Å². The summed E-state index contributed by atoms with van der Waals surface area (Å²) in [7, 11) is 0. The number of fused-ring (bicyclic) bond motifs is 5. The van der Waals surface area contributed by atoms with Crippen molar-refractivity contribution in [1.82, 2.24) is 4.57 Å². The summed E-state index contributed by atoms with van der Waals surface area (Å²) in [5, 5.41) is 31.3. The standard InChI is InChI=1S/C25H20F4N2O4/c1-23-7-8-24(35-23,9-10-34-17-4-2-3-15(26)11-17)20-19(23)21(32)31(22(20)33)16-6-5-14(13-30)18(12-16)25(27,28)29/h2-6,11-12,32-33H,7-10H2,1H3/t23-,24-/m1/s1. The van der Waals surface area contributed by atoms with Crippen molar-refractivity contribution in [2.24, 2.45) is 0 Å². The largest absolute Gasteiger partial charge is 0.494 e. The lowest BCUT2D eigenvalue weighted by molar-refractivity contribution is -0.137. The summed E-state index contributed by atoms with van der Waals surface area (Å²) in [5.41, 5.74) is -3.27. The lowest BCUT2D eigenvalue weighted by Gasteiger charge is -2.26. The number of benzene rings is 2. The molecule has 0 radical (unpaired) electrons. The number of alkyl halides is 3. The number of halogens is 4. The Morgan fingerprint density at radius 1 is 1.11 bits per heavy atom. The molecule has 182 valence electrons. The van der Waals surface area contributed by atoms with Crippen molar-refractivity contribution in [3.8, 4) is 29.3 Å². The van der Waals surface area contributed by atoms with Crippen LogP contribution >= 0.6 is 0 Å². The molecule has 1 aromatic heterocycles. The molecule has 10 heteroatoms. The van der Waals surface area contributed by atoms with Gasteiger partial charge in [-0.2, -0.15) is 18.4 Å². The van der Waals surface area contributed by atoms with Gasteiger partial charge in [-0.15, -0.1) is 0 Å². The van der Waals surface area contributed by atoms with Crippen molar-refractivity contribution in [1.29, 1.82) is 5.26 Å². The highest BCUT2D eigenvalue weighted by Gasteiger charge is 2.61. The Morgan fingerprint density at radius 3 is 2.54 bits per heavy atom. The molecule has 2 aromatic carbocycles. The van der Waals surface area contributed by atoms with Crippen LogP contribution in [0.3, 0.4) is 0 Å². The molecule has 1 saturated heterocycles. The topological polar surface area (TPSA) is 87.6 Å². The Bertz CT molecular complexity index is 1380. The molecule has 2 aliphatic rings. The van der Waals surface area contributed by atoms with Gasteiger partial charge in [-0.05, 0) is 50.1 Å². The summed E-state index contributed by atoms with van der Waals surface area (Å²) in [6, 6.07) is 10.1. The van der Waals surface area contributed by atoms with Gasteiger partial charge in [0, 0.05) is 12.5 Å². The van der Waals surface area contributed by atoms with E-state index in [0.29, 0.717) is 29.7 Å². The van der Waals surface area contributed by atoms with Gasteiger partial charge < -0.3 is 19.7 Å². The Kier molecular flexibility index (Phi) is 5.04. The van der Waals surface area contributed by atoms with Gasteiger partial charge in [0.25, 0.3) is 0 Å². The Morgan fingerprint density at radius 2 is 1.86 bits per heavy atom. The molecule has 6 nitrogen and oxygen atoms in total. The van der Waals surface area contributed by atoms with Gasteiger partial charge in [-0.25, -0.2) is 4.39 Å². The minimum atomic E-state index is -4.80. The van der Waals surface area contributed by atoms with E-state index in [2.05, 4.69) is 0 Å². The van der Waals surface area contributed by atoms with Crippen molar-refractivity contribution >= 4 is 0 Å². The molecule has 0 aliphatic carbocycles. The number of nitriles is 1. The molecule has 0 unspecified atom stereocenters. The van der Waals surface area contributed by atoms with E-state index < -0.39 is 46.1 Å². The number of hydrogen-bond acceptors (Lipinski definition) is 5. The van der Waals surface area contributed by atoms with Crippen molar-refractivity contribution in [3.05, 3.63) is 70.5 Å². The quantitative estimate of drug-likeness (QED) is 0.455. The lowest BCUT2D eigenvalue weighted by atomic mass is 9.78. The van der Waals surface area contributed by atoms with Crippen LogP contribution in [-0.4, -0.2) is 21.4 Å². The van der Waals surface area contributed by atoms with E-state index in [0.717, 1.165) is 16.7 Å². The molecular formula is C25H20F4N2O4. The smallest absolute Gasteiger partial charge is 0.417 e. The highest BCUT2D eigenvalue weighted by Crippen LogP contribution is 2.65. The van der Waals surface area contributed by atoms with Crippen LogP contribution in [0, 0.1) is 17.1 Å². The number of aromatic nitrogens is 1. The maximum Gasteiger partial charge on any atom is 0.417 e. The summed E-state index contributed by atoms with van der Waals surface area (Å²) < 4.78 is 66.9. The van der Waals surface area contributed by atoms with E-state index in [1.165, 1.54) is 30.3 Å². The number of nitrogens with zero attached hydrogens (tertiary/aromatic N) is 2. The molecule has 2 atom stereocenters. The van der Waals surface area contributed by atoms with Crippen LogP contribution in [0.1, 0.15) is 48.4 Å². The third-order valence-corrected chi connectivity index (χ3v) is 6.79. The summed E-state index contributed by atoms with van der Waals surface area (Å²) in [6.45, 7) is 1.86. The summed E-state index contributed by atoms with van der Waals surface area (Å²) in [5.74, 6) is -0.994. The summed E-state index contributed by atoms with van der Waals surface area (Å²) in [4.78, 5) is 0. The Hall–Kier alpha value is -3.71. The highest BCUT2D eigenvalue weighted by atomic mass is 19.4. The van der Waals surface area contributed by atoms with E-state index in [1.807, 2.05) is 0 Å². The minimum absolute atomic E-state index is 0.111. The molecule has 2 N–H and O–H groups in total. The molecule has 2 aliphatic heterocycles. The van der Waals surface area contributed by atoms with Gasteiger partial charge in [0.15, 0.2) is 0 Å². The SMILES string of the molecule is C[C@]12CC[C@](CCOc3cccc(F)c3)(O1)c1c2c(O)n(-c2ccc(C#N)c(C(F)(F)F)c2)c1O. The van der Waals surface area contributed by atoms with Gasteiger partial charge in [0.1, 0.15) is 17.2 Å². The maximum atomic E-state index is 13.5. The van der Waals surface area contributed by atoms with Crippen molar-refractivity contribution in [3.63, 3.8) is 0 Å². The molecule has 0 spiro atoms. The van der Waals surface area contributed by atoms with Crippen LogP contribution in [0.15, 0.2) is 42.5 Å². The van der Waals surface area contributed by atoms with E-state index in [-0.39, 0.29) is 18.7 Å². The molecule has 35 heavy (non-hydrogen) atoms. The second-order valence-corrected chi connectivity index (χ2v) is 8.96. The van der Waals surface area contributed by atoms with E-state index in [1.54, 1.807) is 13.0 Å². The number of ether oxygens (including phenoxy) is 2. The number of rotatable bonds is 5. The predicted molar refractivity (Wildman–Crippen MR) is 115 cm³/mol. The lowest BCUT2D eigenvalue weighted by Crippen LogP contribution is -2.25. The molecule has 0 amide bonds.